The SMILES string of the molecule is CN(Cc1ccc(C(=O)N(C)C)o1)Cc1nccn1Cc1ccccc1. The van der Waals surface area contributed by atoms with Gasteiger partial charge in [-0.15, -0.1) is 0 Å². The molecule has 0 radical (unpaired) electrons. The van der Waals surface area contributed by atoms with Crippen LogP contribution < -0.4 is 0 Å². The van der Waals surface area contributed by atoms with Crippen LogP contribution in [0.3, 0.4) is 0 Å². The van der Waals surface area contributed by atoms with E-state index < -0.39 is 0 Å². The fourth-order valence-electron chi connectivity index (χ4n) is 2.78. The van der Waals surface area contributed by atoms with Crippen LogP contribution in [-0.4, -0.2) is 46.4 Å². The molecule has 6 heteroatoms. The largest absolute Gasteiger partial charge is 0.455 e. The summed E-state index contributed by atoms with van der Waals surface area (Å²) in [6.07, 6.45) is 3.82. The van der Waals surface area contributed by atoms with E-state index in [9.17, 15) is 4.79 Å². The van der Waals surface area contributed by atoms with Crippen molar-refractivity contribution in [3.63, 3.8) is 0 Å². The van der Waals surface area contributed by atoms with E-state index in [1.807, 2.05) is 43.7 Å². The topological polar surface area (TPSA) is 54.5 Å². The molecule has 6 nitrogen and oxygen atoms in total. The lowest BCUT2D eigenvalue weighted by Crippen LogP contribution is -2.21. The third kappa shape index (κ3) is 4.40. The first-order valence-electron chi connectivity index (χ1n) is 8.56. The Morgan fingerprint density at radius 3 is 2.58 bits per heavy atom. The average Bonchev–Trinajstić information content (AvgIpc) is 3.25. The molecule has 0 bridgehead atoms. The molecule has 2 aromatic heterocycles. The molecule has 0 saturated carbocycles. The van der Waals surface area contributed by atoms with E-state index in [1.165, 1.54) is 10.5 Å². The van der Waals surface area contributed by atoms with E-state index in [1.54, 1.807) is 20.2 Å². The Morgan fingerprint density at radius 2 is 1.85 bits per heavy atom. The number of amides is 1. The Balaban J connectivity index is 1.61. The molecular weight excluding hydrogens is 328 g/mol. The van der Waals surface area contributed by atoms with Crippen LogP contribution in [0.1, 0.15) is 27.7 Å². The molecule has 0 aliphatic heterocycles. The third-order valence-electron chi connectivity index (χ3n) is 4.11. The second-order valence-corrected chi connectivity index (χ2v) is 6.59. The molecule has 2 heterocycles. The highest BCUT2D eigenvalue weighted by Crippen LogP contribution is 2.13. The van der Waals surface area contributed by atoms with Gasteiger partial charge in [0, 0.05) is 33.0 Å². The molecule has 0 atom stereocenters. The smallest absolute Gasteiger partial charge is 0.289 e. The maximum Gasteiger partial charge on any atom is 0.289 e. The maximum absolute atomic E-state index is 11.9. The van der Waals surface area contributed by atoms with Crippen molar-refractivity contribution in [1.29, 1.82) is 0 Å². The van der Waals surface area contributed by atoms with Crippen LogP contribution in [0, 0.1) is 0 Å². The number of rotatable bonds is 7. The van der Waals surface area contributed by atoms with Gasteiger partial charge in [0.25, 0.3) is 5.91 Å². The highest BCUT2D eigenvalue weighted by Gasteiger charge is 2.14. The Morgan fingerprint density at radius 1 is 1.08 bits per heavy atom. The van der Waals surface area contributed by atoms with Gasteiger partial charge >= 0.3 is 0 Å². The zero-order valence-electron chi connectivity index (χ0n) is 15.4. The van der Waals surface area contributed by atoms with Crippen molar-refractivity contribution in [1.82, 2.24) is 19.4 Å². The molecule has 0 spiro atoms. The number of benzene rings is 1. The van der Waals surface area contributed by atoms with Crippen molar-refractivity contribution in [2.75, 3.05) is 21.1 Å². The Labute approximate surface area is 153 Å². The maximum atomic E-state index is 11.9. The van der Waals surface area contributed by atoms with Gasteiger partial charge in [-0.05, 0) is 24.7 Å². The van der Waals surface area contributed by atoms with Crippen LogP contribution in [0.2, 0.25) is 0 Å². The normalized spacial score (nSPS) is 11.1. The van der Waals surface area contributed by atoms with Crippen molar-refractivity contribution in [2.45, 2.75) is 19.6 Å². The zero-order valence-corrected chi connectivity index (χ0v) is 15.4. The molecule has 3 aromatic rings. The number of aromatic nitrogens is 2. The summed E-state index contributed by atoms with van der Waals surface area (Å²) in [7, 11) is 5.43. The second-order valence-electron chi connectivity index (χ2n) is 6.59. The van der Waals surface area contributed by atoms with Gasteiger partial charge in [-0.25, -0.2) is 4.98 Å². The van der Waals surface area contributed by atoms with Crippen molar-refractivity contribution in [3.8, 4) is 0 Å². The van der Waals surface area contributed by atoms with Gasteiger partial charge in [0.2, 0.25) is 0 Å². The molecule has 0 aliphatic rings. The molecule has 0 saturated heterocycles. The standard InChI is InChI=1S/C20H24N4O2/c1-22(2)20(25)18-10-9-17(26-18)14-23(3)15-19-21-11-12-24(19)13-16-7-5-4-6-8-16/h4-12H,13-15H2,1-3H3. The molecular formula is C20H24N4O2. The molecule has 1 amide bonds. The number of carbonyl (C=O) groups excluding carboxylic acids is 1. The molecule has 0 fully saturated rings. The van der Waals surface area contributed by atoms with Crippen molar-refractivity contribution in [2.24, 2.45) is 0 Å². The molecule has 1 aromatic carbocycles. The quantitative estimate of drug-likeness (QED) is 0.656. The number of imidazole rings is 1. The summed E-state index contributed by atoms with van der Waals surface area (Å²) in [6, 6.07) is 13.9. The first kappa shape index (κ1) is 17.9. The van der Waals surface area contributed by atoms with E-state index in [0.29, 0.717) is 18.8 Å². The predicted octanol–water partition coefficient (Wildman–Crippen LogP) is 2.86. The van der Waals surface area contributed by atoms with Gasteiger partial charge in [0.05, 0.1) is 13.1 Å². The minimum atomic E-state index is -0.127. The molecule has 3 rings (SSSR count). The summed E-state index contributed by atoms with van der Waals surface area (Å²) >= 11 is 0. The van der Waals surface area contributed by atoms with E-state index in [2.05, 4.69) is 26.6 Å². The van der Waals surface area contributed by atoms with E-state index in [-0.39, 0.29) is 5.91 Å². The fourth-order valence-corrected chi connectivity index (χ4v) is 2.78. The summed E-state index contributed by atoms with van der Waals surface area (Å²) in [5.74, 6) is 1.99. The van der Waals surface area contributed by atoms with Crippen LogP contribution in [-0.2, 0) is 19.6 Å². The highest BCUT2D eigenvalue weighted by molar-refractivity contribution is 5.91. The molecule has 0 aliphatic carbocycles. The number of furan rings is 1. The lowest BCUT2D eigenvalue weighted by atomic mass is 10.2. The Bertz CT molecular complexity index is 852. The number of nitrogens with zero attached hydrogens (tertiary/aromatic N) is 4. The third-order valence-corrected chi connectivity index (χ3v) is 4.11. The molecule has 0 unspecified atom stereocenters. The molecule has 26 heavy (non-hydrogen) atoms. The fraction of sp³-hybridized carbons (Fsp3) is 0.300. The van der Waals surface area contributed by atoms with Crippen LogP contribution >= 0.6 is 0 Å². The second kappa shape index (κ2) is 8.01. The van der Waals surface area contributed by atoms with Gasteiger partial charge in [0.15, 0.2) is 5.76 Å². The van der Waals surface area contributed by atoms with Gasteiger partial charge in [-0.2, -0.15) is 0 Å². The van der Waals surface area contributed by atoms with E-state index >= 15 is 0 Å². The summed E-state index contributed by atoms with van der Waals surface area (Å²) < 4.78 is 7.81. The summed E-state index contributed by atoms with van der Waals surface area (Å²) in [5, 5.41) is 0. The molecule has 0 N–H and O–H groups in total. The average molecular weight is 352 g/mol. The van der Waals surface area contributed by atoms with Gasteiger partial charge < -0.3 is 13.9 Å². The minimum Gasteiger partial charge on any atom is -0.455 e. The van der Waals surface area contributed by atoms with Crippen LogP contribution in [0.4, 0.5) is 0 Å². The summed E-state index contributed by atoms with van der Waals surface area (Å²) in [4.78, 5) is 20.0. The Kier molecular flexibility index (Phi) is 5.53. The summed E-state index contributed by atoms with van der Waals surface area (Å²) in [6.45, 7) is 2.10. The van der Waals surface area contributed by atoms with Crippen LogP contribution in [0.15, 0.2) is 59.3 Å². The van der Waals surface area contributed by atoms with Gasteiger partial charge in [0.1, 0.15) is 11.6 Å². The van der Waals surface area contributed by atoms with Crippen molar-refractivity contribution < 1.29 is 9.21 Å². The predicted molar refractivity (Wildman–Crippen MR) is 99.7 cm³/mol. The lowest BCUT2D eigenvalue weighted by Gasteiger charge is -2.16. The van der Waals surface area contributed by atoms with Crippen molar-refractivity contribution in [3.05, 3.63) is 77.8 Å². The lowest BCUT2D eigenvalue weighted by molar-refractivity contribution is 0.0793. The van der Waals surface area contributed by atoms with Crippen LogP contribution in [0.5, 0.6) is 0 Å². The Hall–Kier alpha value is -2.86. The zero-order chi connectivity index (χ0) is 18.5. The first-order chi connectivity index (χ1) is 12.5. The summed E-state index contributed by atoms with van der Waals surface area (Å²) in [5.41, 5.74) is 1.24. The van der Waals surface area contributed by atoms with Crippen LogP contribution in [0.25, 0.3) is 0 Å². The molecule has 136 valence electrons. The van der Waals surface area contributed by atoms with Gasteiger partial charge in [-0.3, -0.25) is 9.69 Å². The first-order valence-corrected chi connectivity index (χ1v) is 8.56. The monoisotopic (exact) mass is 352 g/mol. The number of hydrogen-bond acceptors (Lipinski definition) is 4. The van der Waals surface area contributed by atoms with Gasteiger partial charge in [-0.1, -0.05) is 30.3 Å². The number of hydrogen-bond donors (Lipinski definition) is 0. The van der Waals surface area contributed by atoms with E-state index in [4.69, 9.17) is 4.42 Å². The highest BCUT2D eigenvalue weighted by atomic mass is 16.4. The van der Waals surface area contributed by atoms with E-state index in [0.717, 1.165) is 18.1 Å². The van der Waals surface area contributed by atoms with Crippen molar-refractivity contribution >= 4 is 5.91 Å². The minimum absolute atomic E-state index is 0.127. The number of carbonyl (C=O) groups is 1.